The van der Waals surface area contributed by atoms with Gasteiger partial charge in [0.2, 0.25) is 16.9 Å². The first-order chi connectivity index (χ1) is 18.0. The maximum Gasteiger partial charge on any atom is 0.230 e. The summed E-state index contributed by atoms with van der Waals surface area (Å²) in [6, 6.07) is 19.3. The van der Waals surface area contributed by atoms with E-state index in [1.807, 2.05) is 67.6 Å². The second-order valence-corrected chi connectivity index (χ2v) is 11.0. The number of anilines is 1. The highest BCUT2D eigenvalue weighted by atomic mass is 32.2. The van der Waals surface area contributed by atoms with Crippen LogP contribution in [0.3, 0.4) is 0 Å². The highest BCUT2D eigenvalue weighted by molar-refractivity contribution is 8.17. The summed E-state index contributed by atoms with van der Waals surface area (Å²) in [6.07, 6.45) is 5.73. The Morgan fingerprint density at radius 1 is 1.00 bits per heavy atom. The second-order valence-electron chi connectivity index (χ2n) is 8.90. The molecular weight excluding hydrogens is 502 g/mol. The number of nitrogens with zero attached hydrogens (tertiary/aromatic N) is 3. The van der Waals surface area contributed by atoms with Crippen molar-refractivity contribution in [3.8, 4) is 0 Å². The molecule has 2 aromatic carbocycles. The van der Waals surface area contributed by atoms with Crippen molar-refractivity contribution in [2.75, 3.05) is 12.4 Å². The molecule has 0 bridgehead atoms. The normalized spacial score (nSPS) is 18.0. The summed E-state index contributed by atoms with van der Waals surface area (Å²) >= 11 is 2.98. The summed E-state index contributed by atoms with van der Waals surface area (Å²) in [5.41, 5.74) is 1.93. The van der Waals surface area contributed by atoms with Crippen molar-refractivity contribution in [2.45, 2.75) is 44.9 Å². The standard InChI is InChI=1S/C28H31N5O2S2/c1-3-23(36-27(29-2)30-24(34)16-19-10-6-4-7-11-19)21-14-15-22(18-21)26-32-33-28(37-26)31-25(35)17-20-12-8-5-9-13-20/h3-13,21-22H,14-18H2,1-2H3,(H,29,30,34)(H,31,33,35)/b23-3+. The van der Waals surface area contributed by atoms with Gasteiger partial charge in [-0.3, -0.25) is 14.6 Å². The van der Waals surface area contributed by atoms with Crippen molar-refractivity contribution >= 4 is 45.2 Å². The number of benzene rings is 2. The zero-order valence-corrected chi connectivity index (χ0v) is 22.6. The first-order valence-corrected chi connectivity index (χ1v) is 14.0. The van der Waals surface area contributed by atoms with Crippen LogP contribution in [0.4, 0.5) is 5.13 Å². The summed E-state index contributed by atoms with van der Waals surface area (Å²) in [5.74, 6) is 0.497. The van der Waals surface area contributed by atoms with Gasteiger partial charge in [0.15, 0.2) is 5.17 Å². The van der Waals surface area contributed by atoms with Gasteiger partial charge in [-0.2, -0.15) is 0 Å². The fraction of sp³-hybridized carbons (Fsp3) is 0.321. The van der Waals surface area contributed by atoms with Gasteiger partial charge in [-0.05, 0) is 48.1 Å². The number of aliphatic imine (C=N–C) groups is 1. The molecule has 1 saturated carbocycles. The number of carbonyl (C=O) groups is 2. The number of hydrogen-bond donors (Lipinski definition) is 2. The molecule has 2 N–H and O–H groups in total. The number of nitrogens with one attached hydrogen (secondary N) is 2. The Bertz CT molecular complexity index is 1260. The van der Waals surface area contributed by atoms with Crippen LogP contribution < -0.4 is 10.6 Å². The fourth-order valence-corrected chi connectivity index (χ4v) is 6.31. The van der Waals surface area contributed by atoms with Crippen LogP contribution in [0.1, 0.15) is 48.2 Å². The molecule has 2 atom stereocenters. The molecule has 1 aliphatic rings. The molecule has 3 aromatic rings. The van der Waals surface area contributed by atoms with Gasteiger partial charge in [0, 0.05) is 13.0 Å². The Labute approximate surface area is 225 Å². The SMILES string of the molecule is C/C=C(/SC(=NC)NC(=O)Cc1ccccc1)C1CCC(c2nnc(NC(=O)Cc3ccccc3)s2)C1. The minimum atomic E-state index is -0.0912. The van der Waals surface area contributed by atoms with Crippen LogP contribution in [0.2, 0.25) is 0 Å². The van der Waals surface area contributed by atoms with Crippen LogP contribution >= 0.6 is 23.1 Å². The molecule has 1 aromatic heterocycles. The van der Waals surface area contributed by atoms with Gasteiger partial charge in [0.25, 0.3) is 0 Å². The highest BCUT2D eigenvalue weighted by Crippen LogP contribution is 2.45. The predicted octanol–water partition coefficient (Wildman–Crippen LogP) is 5.58. The average Bonchev–Trinajstić information content (AvgIpc) is 3.57. The maximum atomic E-state index is 12.5. The van der Waals surface area contributed by atoms with E-state index in [1.54, 1.807) is 7.05 Å². The molecule has 1 fully saturated rings. The second kappa shape index (κ2) is 13.3. The third kappa shape index (κ3) is 7.84. The summed E-state index contributed by atoms with van der Waals surface area (Å²) < 4.78 is 0. The first-order valence-electron chi connectivity index (χ1n) is 12.4. The van der Waals surface area contributed by atoms with Gasteiger partial charge in [-0.1, -0.05) is 89.8 Å². The van der Waals surface area contributed by atoms with Gasteiger partial charge in [-0.25, -0.2) is 0 Å². The van der Waals surface area contributed by atoms with Gasteiger partial charge in [0.05, 0.1) is 12.8 Å². The lowest BCUT2D eigenvalue weighted by Gasteiger charge is -2.16. The van der Waals surface area contributed by atoms with E-state index in [1.165, 1.54) is 28.0 Å². The lowest BCUT2D eigenvalue weighted by molar-refractivity contribution is -0.119. The van der Waals surface area contributed by atoms with Crippen molar-refractivity contribution in [1.82, 2.24) is 15.5 Å². The van der Waals surface area contributed by atoms with E-state index in [2.05, 4.69) is 31.9 Å². The largest absolute Gasteiger partial charge is 0.305 e. The van der Waals surface area contributed by atoms with Crippen molar-refractivity contribution in [1.29, 1.82) is 0 Å². The number of carbonyl (C=O) groups excluding carboxylic acids is 2. The molecule has 0 aliphatic heterocycles. The maximum absolute atomic E-state index is 12.5. The summed E-state index contributed by atoms with van der Waals surface area (Å²) in [5, 5.41) is 16.5. The highest BCUT2D eigenvalue weighted by Gasteiger charge is 2.31. The fourth-order valence-electron chi connectivity index (χ4n) is 4.42. The zero-order valence-electron chi connectivity index (χ0n) is 21.0. The number of allylic oxidation sites excluding steroid dienone is 2. The minimum Gasteiger partial charge on any atom is -0.305 e. The van der Waals surface area contributed by atoms with E-state index in [4.69, 9.17) is 0 Å². The molecule has 37 heavy (non-hydrogen) atoms. The van der Waals surface area contributed by atoms with Gasteiger partial charge >= 0.3 is 0 Å². The number of amides is 2. The molecular formula is C28H31N5O2S2. The van der Waals surface area contributed by atoms with Crippen molar-refractivity contribution in [2.24, 2.45) is 10.9 Å². The van der Waals surface area contributed by atoms with Crippen LogP contribution in [0.25, 0.3) is 0 Å². The van der Waals surface area contributed by atoms with E-state index in [9.17, 15) is 9.59 Å². The van der Waals surface area contributed by atoms with Crippen LogP contribution in [0.15, 0.2) is 76.6 Å². The number of hydrogen-bond acceptors (Lipinski definition) is 7. The minimum absolute atomic E-state index is 0.0743. The number of thioether (sulfide) groups is 1. The molecule has 1 aliphatic carbocycles. The van der Waals surface area contributed by atoms with E-state index in [0.29, 0.717) is 35.0 Å². The summed E-state index contributed by atoms with van der Waals surface area (Å²) in [7, 11) is 1.70. The Kier molecular flexibility index (Phi) is 9.62. The molecule has 4 rings (SSSR count). The molecule has 0 radical (unpaired) electrons. The molecule has 2 amide bonds. The average molecular weight is 534 g/mol. The molecule has 7 nitrogen and oxygen atoms in total. The van der Waals surface area contributed by atoms with E-state index >= 15 is 0 Å². The Hall–Kier alpha value is -3.30. The monoisotopic (exact) mass is 533 g/mol. The van der Waals surface area contributed by atoms with Crippen LogP contribution in [0, 0.1) is 5.92 Å². The molecule has 0 saturated heterocycles. The van der Waals surface area contributed by atoms with E-state index < -0.39 is 0 Å². The third-order valence-electron chi connectivity index (χ3n) is 6.23. The zero-order chi connectivity index (χ0) is 26.0. The Balaban J connectivity index is 1.28. The number of rotatable bonds is 8. The molecule has 2 unspecified atom stereocenters. The predicted molar refractivity (Wildman–Crippen MR) is 152 cm³/mol. The van der Waals surface area contributed by atoms with Crippen molar-refractivity contribution in [3.63, 3.8) is 0 Å². The molecule has 192 valence electrons. The summed E-state index contributed by atoms with van der Waals surface area (Å²) in [4.78, 5) is 30.4. The number of aromatic nitrogens is 2. The van der Waals surface area contributed by atoms with Gasteiger partial charge in [-0.15, -0.1) is 10.2 Å². The molecule has 0 spiro atoms. The van der Waals surface area contributed by atoms with Crippen LogP contribution in [0.5, 0.6) is 0 Å². The smallest absolute Gasteiger partial charge is 0.230 e. The van der Waals surface area contributed by atoms with Crippen LogP contribution in [-0.2, 0) is 22.4 Å². The summed E-state index contributed by atoms with van der Waals surface area (Å²) in [6.45, 7) is 2.03. The quantitative estimate of drug-likeness (QED) is 0.291. The van der Waals surface area contributed by atoms with Crippen molar-refractivity contribution in [3.05, 3.63) is 87.8 Å². The topological polar surface area (TPSA) is 96.3 Å². The lowest BCUT2D eigenvalue weighted by Crippen LogP contribution is -2.30. The Morgan fingerprint density at radius 2 is 1.65 bits per heavy atom. The van der Waals surface area contributed by atoms with E-state index in [0.717, 1.165) is 35.4 Å². The number of amidine groups is 1. The lowest BCUT2D eigenvalue weighted by atomic mass is 10.0. The van der Waals surface area contributed by atoms with Gasteiger partial charge in [0.1, 0.15) is 5.01 Å². The van der Waals surface area contributed by atoms with E-state index in [-0.39, 0.29) is 11.8 Å². The first kappa shape index (κ1) is 26.8. The van der Waals surface area contributed by atoms with Crippen LogP contribution in [-0.4, -0.2) is 34.2 Å². The third-order valence-corrected chi connectivity index (χ3v) is 8.52. The molecule has 9 heteroatoms. The molecule has 1 heterocycles. The Morgan fingerprint density at radius 3 is 2.27 bits per heavy atom. The van der Waals surface area contributed by atoms with Gasteiger partial charge < -0.3 is 10.6 Å². The van der Waals surface area contributed by atoms with Crippen molar-refractivity contribution < 1.29 is 9.59 Å².